The number of nitrogens with zero attached hydrogens (tertiary/aromatic N) is 3. The van der Waals surface area contributed by atoms with E-state index in [4.69, 9.17) is 21.3 Å². The van der Waals surface area contributed by atoms with Gasteiger partial charge in [-0.2, -0.15) is 0 Å². The zero-order valence-electron chi connectivity index (χ0n) is 16.0. The van der Waals surface area contributed by atoms with Gasteiger partial charge in [-0.3, -0.25) is 0 Å². The van der Waals surface area contributed by atoms with Gasteiger partial charge in [-0.25, -0.2) is 4.98 Å². The lowest BCUT2D eigenvalue weighted by molar-refractivity contribution is 0.0625. The fourth-order valence-electron chi connectivity index (χ4n) is 4.38. The molecule has 0 saturated carbocycles. The predicted molar refractivity (Wildman–Crippen MR) is 119 cm³/mol. The van der Waals surface area contributed by atoms with Gasteiger partial charge < -0.3 is 14.5 Å². The third kappa shape index (κ3) is 3.25. The maximum absolute atomic E-state index is 6.35. The average molecular weight is 434 g/mol. The van der Waals surface area contributed by atoms with Gasteiger partial charge in [0.2, 0.25) is 0 Å². The van der Waals surface area contributed by atoms with E-state index in [1.807, 2.05) is 6.07 Å². The van der Waals surface area contributed by atoms with Crippen molar-refractivity contribution in [1.29, 1.82) is 0 Å². The smallest absolute Gasteiger partial charge is 0.185 e. The van der Waals surface area contributed by atoms with Crippen molar-refractivity contribution in [3.63, 3.8) is 0 Å². The molecule has 2 saturated heterocycles. The highest BCUT2D eigenvalue weighted by Gasteiger charge is 2.40. The van der Waals surface area contributed by atoms with Crippen LogP contribution in [0.1, 0.15) is 24.1 Å². The molecule has 0 radical (unpaired) electrons. The molecule has 2 aliphatic rings. The number of thiazole rings is 1. The van der Waals surface area contributed by atoms with Crippen LogP contribution in [-0.4, -0.2) is 56.3 Å². The Hall–Kier alpha value is -1.18. The van der Waals surface area contributed by atoms with Crippen LogP contribution in [-0.2, 0) is 10.2 Å². The van der Waals surface area contributed by atoms with E-state index in [9.17, 15) is 0 Å². The fraction of sp³-hybridized carbons (Fsp3) is 0.476. The van der Waals surface area contributed by atoms with Gasteiger partial charge in [0.1, 0.15) is 0 Å². The third-order valence-corrected chi connectivity index (χ3v) is 8.25. The van der Waals surface area contributed by atoms with Crippen molar-refractivity contribution in [3.8, 4) is 0 Å². The average Bonchev–Trinajstić information content (AvgIpc) is 3.37. The summed E-state index contributed by atoms with van der Waals surface area (Å²) >= 11 is 9.94. The second kappa shape index (κ2) is 7.58. The quantitative estimate of drug-likeness (QED) is 0.589. The second-order valence-electron chi connectivity index (χ2n) is 7.79. The summed E-state index contributed by atoms with van der Waals surface area (Å²) < 4.78 is 7.04. The van der Waals surface area contributed by atoms with E-state index in [1.165, 1.54) is 21.3 Å². The van der Waals surface area contributed by atoms with Gasteiger partial charge in [0.05, 0.1) is 5.69 Å². The van der Waals surface area contributed by atoms with E-state index in [0.29, 0.717) is 0 Å². The number of rotatable bonds is 3. The highest BCUT2D eigenvalue weighted by atomic mass is 35.5. The number of piperazine rings is 1. The minimum Gasteiger partial charge on any atom is -0.381 e. The summed E-state index contributed by atoms with van der Waals surface area (Å²) in [5.74, 6) is 0. The molecule has 0 N–H and O–H groups in total. The maximum atomic E-state index is 6.35. The number of thiophene rings is 1. The first kappa shape index (κ1) is 18.8. The van der Waals surface area contributed by atoms with Crippen LogP contribution in [0.4, 0.5) is 5.13 Å². The molecular weight excluding hydrogens is 410 g/mol. The summed E-state index contributed by atoms with van der Waals surface area (Å²) in [6, 6.07) is 6.23. The number of anilines is 1. The van der Waals surface area contributed by atoms with Crippen LogP contribution in [0.3, 0.4) is 0 Å². The SMILES string of the molecule is CN1CCN(c2nc(C3(c4csc5ccc(Cl)cc45)CCOCC3)cs2)CC1. The maximum Gasteiger partial charge on any atom is 0.185 e. The Balaban J connectivity index is 1.56. The normalized spacial score (nSPS) is 20.7. The molecule has 2 aromatic heterocycles. The molecule has 0 aliphatic carbocycles. The number of hydrogen-bond donors (Lipinski definition) is 0. The van der Waals surface area contributed by atoms with Crippen LogP contribution in [0.15, 0.2) is 29.0 Å². The first-order valence-corrected chi connectivity index (χ1v) is 11.9. The van der Waals surface area contributed by atoms with Crippen LogP contribution in [0.5, 0.6) is 0 Å². The number of hydrogen-bond acceptors (Lipinski definition) is 6. The molecule has 0 unspecified atom stereocenters. The highest BCUT2D eigenvalue weighted by molar-refractivity contribution is 7.17. The van der Waals surface area contributed by atoms with Gasteiger partial charge in [-0.15, -0.1) is 22.7 Å². The Morgan fingerprint density at radius 1 is 1.07 bits per heavy atom. The Labute approximate surface area is 178 Å². The molecule has 28 heavy (non-hydrogen) atoms. The van der Waals surface area contributed by atoms with E-state index >= 15 is 0 Å². The van der Waals surface area contributed by atoms with E-state index in [1.54, 1.807) is 22.7 Å². The Bertz CT molecular complexity index is 971. The van der Waals surface area contributed by atoms with Crippen molar-refractivity contribution in [2.24, 2.45) is 0 Å². The van der Waals surface area contributed by atoms with Crippen LogP contribution >= 0.6 is 34.3 Å². The molecule has 1 aromatic carbocycles. The first-order chi connectivity index (χ1) is 13.7. The molecular formula is C21H24ClN3OS2. The molecule has 4 heterocycles. The molecule has 7 heteroatoms. The van der Waals surface area contributed by atoms with Gasteiger partial charge in [-0.05, 0) is 54.4 Å². The van der Waals surface area contributed by atoms with Crippen LogP contribution < -0.4 is 4.90 Å². The molecule has 4 nitrogen and oxygen atoms in total. The summed E-state index contributed by atoms with van der Waals surface area (Å²) in [5.41, 5.74) is 2.49. The largest absolute Gasteiger partial charge is 0.381 e. The Morgan fingerprint density at radius 3 is 2.64 bits per heavy atom. The molecule has 5 rings (SSSR count). The zero-order chi connectivity index (χ0) is 19.1. The van der Waals surface area contributed by atoms with E-state index in [2.05, 4.69) is 39.7 Å². The molecule has 0 atom stereocenters. The minimum atomic E-state index is -0.0808. The molecule has 0 amide bonds. The van der Waals surface area contributed by atoms with Gasteiger partial charge in [-0.1, -0.05) is 11.6 Å². The summed E-state index contributed by atoms with van der Waals surface area (Å²) in [6.45, 7) is 5.86. The van der Waals surface area contributed by atoms with Crippen molar-refractivity contribution < 1.29 is 4.74 Å². The summed E-state index contributed by atoms with van der Waals surface area (Å²) in [4.78, 5) is 10.00. The molecule has 0 bridgehead atoms. The topological polar surface area (TPSA) is 28.6 Å². The second-order valence-corrected chi connectivity index (χ2v) is 9.97. The van der Waals surface area contributed by atoms with Crippen molar-refractivity contribution in [1.82, 2.24) is 9.88 Å². The predicted octanol–water partition coefficient (Wildman–Crippen LogP) is 4.86. The molecule has 2 fully saturated rings. The number of fused-ring (bicyclic) bond motifs is 1. The fourth-order valence-corrected chi connectivity index (χ4v) is 6.57. The third-order valence-electron chi connectivity index (χ3n) is 6.15. The summed E-state index contributed by atoms with van der Waals surface area (Å²) in [5, 5.41) is 7.83. The molecule has 148 valence electrons. The Kier molecular flexibility index (Phi) is 5.09. The molecule has 0 spiro atoms. The first-order valence-electron chi connectivity index (χ1n) is 9.80. The van der Waals surface area contributed by atoms with Crippen molar-refractivity contribution >= 4 is 49.5 Å². The number of halogens is 1. The van der Waals surface area contributed by atoms with Crippen LogP contribution in [0.2, 0.25) is 5.02 Å². The van der Waals surface area contributed by atoms with E-state index in [-0.39, 0.29) is 5.41 Å². The van der Waals surface area contributed by atoms with E-state index in [0.717, 1.165) is 62.4 Å². The zero-order valence-corrected chi connectivity index (χ0v) is 18.4. The lowest BCUT2D eigenvalue weighted by atomic mass is 9.72. The van der Waals surface area contributed by atoms with Crippen LogP contribution in [0, 0.1) is 0 Å². The highest BCUT2D eigenvalue weighted by Crippen LogP contribution is 2.47. The summed E-state index contributed by atoms with van der Waals surface area (Å²) in [6.07, 6.45) is 1.94. The molecule has 2 aliphatic heterocycles. The Morgan fingerprint density at radius 2 is 1.86 bits per heavy atom. The van der Waals surface area contributed by atoms with Crippen molar-refractivity contribution in [2.45, 2.75) is 18.3 Å². The van der Waals surface area contributed by atoms with Gasteiger partial charge >= 0.3 is 0 Å². The van der Waals surface area contributed by atoms with Gasteiger partial charge in [0.25, 0.3) is 0 Å². The number of likely N-dealkylation sites (N-methyl/N-ethyl adjacent to an activating group) is 1. The number of aromatic nitrogens is 1. The van der Waals surface area contributed by atoms with Crippen LogP contribution in [0.25, 0.3) is 10.1 Å². The lowest BCUT2D eigenvalue weighted by Crippen LogP contribution is -2.44. The number of benzene rings is 1. The summed E-state index contributed by atoms with van der Waals surface area (Å²) in [7, 11) is 2.19. The van der Waals surface area contributed by atoms with Gasteiger partial charge in [0, 0.05) is 59.9 Å². The lowest BCUT2D eigenvalue weighted by Gasteiger charge is -2.36. The molecule has 3 aromatic rings. The number of ether oxygens (including phenoxy) is 1. The van der Waals surface area contributed by atoms with E-state index < -0.39 is 0 Å². The minimum absolute atomic E-state index is 0.0808. The monoisotopic (exact) mass is 433 g/mol. The van der Waals surface area contributed by atoms with Crippen molar-refractivity contribution in [2.75, 3.05) is 51.3 Å². The van der Waals surface area contributed by atoms with Crippen molar-refractivity contribution in [3.05, 3.63) is 45.2 Å². The van der Waals surface area contributed by atoms with Gasteiger partial charge in [0.15, 0.2) is 5.13 Å². The standard InChI is InChI=1S/C21H24ClN3OS2/c1-24-6-8-25(9-7-24)20-23-19(14-28-20)21(4-10-26-11-5-21)17-13-27-18-3-2-15(22)12-16(17)18/h2-3,12-14H,4-11H2,1H3.